The Balaban J connectivity index is 1.87. The second-order valence-electron chi connectivity index (χ2n) is 5.20. The minimum absolute atomic E-state index is 0.294. The zero-order chi connectivity index (χ0) is 13.7. The molecule has 2 heterocycles. The van der Waals surface area contributed by atoms with Gasteiger partial charge in [-0.1, -0.05) is 19.1 Å². The topological polar surface area (TPSA) is 81.1 Å². The monoisotopic (exact) mass is 267 g/mol. The van der Waals surface area contributed by atoms with Gasteiger partial charge in [0.25, 0.3) is 5.91 Å². The van der Waals surface area contributed by atoms with Crippen LogP contribution in [0, 0.1) is 5.92 Å². The number of carbonyl (C=O) groups is 1. The number of aromatic nitrogens is 3. The highest BCUT2D eigenvalue weighted by atomic mass is 16.6. The Morgan fingerprint density at radius 2 is 2.32 bits per heavy atom. The highest BCUT2D eigenvalue weighted by molar-refractivity contribution is 5.90. The van der Waals surface area contributed by atoms with E-state index in [4.69, 9.17) is 4.84 Å². The van der Waals surface area contributed by atoms with E-state index < -0.39 is 0 Å². The van der Waals surface area contributed by atoms with Gasteiger partial charge < -0.3 is 5.32 Å². The van der Waals surface area contributed by atoms with E-state index in [0.717, 1.165) is 25.9 Å². The molecule has 2 rings (SSSR count). The lowest BCUT2D eigenvalue weighted by molar-refractivity contribution is 0.0204. The summed E-state index contributed by atoms with van der Waals surface area (Å²) in [6.45, 7) is 6.46. The lowest BCUT2D eigenvalue weighted by Crippen LogP contribution is -2.29. The molecule has 1 amide bonds. The summed E-state index contributed by atoms with van der Waals surface area (Å²) in [7, 11) is 0. The van der Waals surface area contributed by atoms with Crippen molar-refractivity contribution in [3.63, 3.8) is 0 Å². The fourth-order valence-corrected chi connectivity index (χ4v) is 1.96. The third-order valence-electron chi connectivity index (χ3n) is 3.01. The van der Waals surface area contributed by atoms with Gasteiger partial charge in [0, 0.05) is 0 Å². The second-order valence-corrected chi connectivity index (χ2v) is 5.20. The Labute approximate surface area is 112 Å². The minimum Gasteiger partial charge on any atom is -0.317 e. The molecule has 19 heavy (non-hydrogen) atoms. The Kier molecular flexibility index (Phi) is 4.86. The van der Waals surface area contributed by atoms with Gasteiger partial charge in [0.2, 0.25) is 0 Å². The third-order valence-corrected chi connectivity index (χ3v) is 3.01. The Hall–Kier alpha value is -1.47. The molecular weight excluding hydrogens is 246 g/mol. The van der Waals surface area contributed by atoms with Crippen LogP contribution in [0.5, 0.6) is 0 Å². The molecule has 0 saturated carbocycles. The van der Waals surface area contributed by atoms with Gasteiger partial charge in [-0.3, -0.25) is 9.63 Å². The van der Waals surface area contributed by atoms with Gasteiger partial charge in [0.1, 0.15) is 0 Å². The highest BCUT2D eigenvalue weighted by Crippen LogP contribution is 2.16. The molecule has 0 aliphatic carbocycles. The fraction of sp³-hybridized carbons (Fsp3) is 0.750. The summed E-state index contributed by atoms with van der Waals surface area (Å²) < 4.78 is 1.78. The SMILES string of the molecule is CC(C)CONC(=O)c1cn(C2CCNCC2)nn1. The zero-order valence-electron chi connectivity index (χ0n) is 11.4. The summed E-state index contributed by atoms with van der Waals surface area (Å²) in [5.74, 6) is 0.0200. The van der Waals surface area contributed by atoms with Crippen molar-refractivity contribution < 1.29 is 9.63 Å². The molecule has 2 N–H and O–H groups in total. The van der Waals surface area contributed by atoms with E-state index in [0.29, 0.717) is 24.3 Å². The average molecular weight is 267 g/mol. The molecule has 1 aromatic heterocycles. The van der Waals surface area contributed by atoms with Crippen molar-refractivity contribution in [1.29, 1.82) is 0 Å². The zero-order valence-corrected chi connectivity index (χ0v) is 11.4. The van der Waals surface area contributed by atoms with Gasteiger partial charge in [-0.25, -0.2) is 10.2 Å². The Morgan fingerprint density at radius 3 is 3.00 bits per heavy atom. The molecule has 1 saturated heterocycles. The first-order valence-electron chi connectivity index (χ1n) is 6.71. The van der Waals surface area contributed by atoms with Crippen LogP contribution in [0.1, 0.15) is 43.2 Å². The van der Waals surface area contributed by atoms with E-state index in [2.05, 4.69) is 21.1 Å². The lowest BCUT2D eigenvalue weighted by atomic mass is 10.1. The summed E-state index contributed by atoms with van der Waals surface area (Å²) in [5.41, 5.74) is 2.67. The first-order valence-corrected chi connectivity index (χ1v) is 6.71. The predicted molar refractivity (Wildman–Crippen MR) is 69.4 cm³/mol. The van der Waals surface area contributed by atoms with E-state index in [1.807, 2.05) is 13.8 Å². The maximum atomic E-state index is 11.8. The summed E-state index contributed by atoms with van der Waals surface area (Å²) >= 11 is 0. The van der Waals surface area contributed by atoms with Crippen LogP contribution >= 0.6 is 0 Å². The minimum atomic E-state index is -0.346. The molecule has 1 aliphatic rings. The summed E-state index contributed by atoms with van der Waals surface area (Å²) in [5, 5.41) is 11.2. The quantitative estimate of drug-likeness (QED) is 0.760. The maximum Gasteiger partial charge on any atom is 0.296 e. The Bertz CT molecular complexity index is 412. The van der Waals surface area contributed by atoms with Gasteiger partial charge in [0.05, 0.1) is 18.8 Å². The first kappa shape index (κ1) is 14.0. The number of hydrogen-bond donors (Lipinski definition) is 2. The largest absolute Gasteiger partial charge is 0.317 e. The number of nitrogens with one attached hydrogen (secondary N) is 2. The van der Waals surface area contributed by atoms with Crippen LogP contribution < -0.4 is 10.8 Å². The van der Waals surface area contributed by atoms with Crippen molar-refractivity contribution in [2.24, 2.45) is 5.92 Å². The molecule has 0 spiro atoms. The molecule has 0 bridgehead atoms. The van der Waals surface area contributed by atoms with Crippen molar-refractivity contribution in [2.75, 3.05) is 19.7 Å². The van der Waals surface area contributed by atoms with Crippen LogP contribution in [0.2, 0.25) is 0 Å². The molecule has 7 heteroatoms. The predicted octanol–water partition coefficient (Wildman–Crippen LogP) is 0.520. The molecule has 7 nitrogen and oxygen atoms in total. The third kappa shape index (κ3) is 4.00. The number of rotatable bonds is 5. The number of nitrogens with zero attached hydrogens (tertiary/aromatic N) is 3. The van der Waals surface area contributed by atoms with E-state index >= 15 is 0 Å². The molecular formula is C12H21N5O2. The number of hydroxylamine groups is 1. The van der Waals surface area contributed by atoms with Crippen molar-refractivity contribution in [2.45, 2.75) is 32.7 Å². The van der Waals surface area contributed by atoms with Crippen LogP contribution in [-0.2, 0) is 4.84 Å². The van der Waals surface area contributed by atoms with Gasteiger partial charge >= 0.3 is 0 Å². The number of hydrogen-bond acceptors (Lipinski definition) is 5. The Morgan fingerprint density at radius 1 is 1.58 bits per heavy atom. The highest BCUT2D eigenvalue weighted by Gasteiger charge is 2.18. The van der Waals surface area contributed by atoms with Crippen LogP contribution in [0.4, 0.5) is 0 Å². The molecule has 0 unspecified atom stereocenters. The van der Waals surface area contributed by atoms with Crippen LogP contribution in [0.3, 0.4) is 0 Å². The molecule has 106 valence electrons. The van der Waals surface area contributed by atoms with Crippen LogP contribution in [0.25, 0.3) is 0 Å². The number of amides is 1. The lowest BCUT2D eigenvalue weighted by Gasteiger charge is -2.22. The smallest absolute Gasteiger partial charge is 0.296 e. The average Bonchev–Trinajstić information content (AvgIpc) is 2.89. The van der Waals surface area contributed by atoms with Crippen molar-refractivity contribution in [1.82, 2.24) is 25.8 Å². The maximum absolute atomic E-state index is 11.8. The molecule has 1 aliphatic heterocycles. The van der Waals surface area contributed by atoms with Gasteiger partial charge in [-0.05, 0) is 31.8 Å². The van der Waals surface area contributed by atoms with Crippen molar-refractivity contribution >= 4 is 5.91 Å². The van der Waals surface area contributed by atoms with Crippen LogP contribution in [0.15, 0.2) is 6.20 Å². The molecule has 0 radical (unpaired) electrons. The molecule has 1 fully saturated rings. The van der Waals surface area contributed by atoms with Gasteiger partial charge in [0.15, 0.2) is 5.69 Å². The van der Waals surface area contributed by atoms with Crippen molar-refractivity contribution in [3.05, 3.63) is 11.9 Å². The fourth-order valence-electron chi connectivity index (χ4n) is 1.96. The molecule has 0 atom stereocenters. The van der Waals surface area contributed by atoms with E-state index in [1.54, 1.807) is 10.9 Å². The van der Waals surface area contributed by atoms with E-state index in [-0.39, 0.29) is 5.91 Å². The molecule has 0 aromatic carbocycles. The molecule has 1 aromatic rings. The standard InChI is InChI=1S/C12H21N5O2/c1-9(2)8-19-15-12(18)11-7-17(16-14-11)10-3-5-13-6-4-10/h7,9-10,13H,3-6,8H2,1-2H3,(H,15,18). The van der Waals surface area contributed by atoms with Crippen LogP contribution in [-0.4, -0.2) is 40.6 Å². The summed E-state index contributed by atoms with van der Waals surface area (Å²) in [4.78, 5) is 16.8. The summed E-state index contributed by atoms with van der Waals surface area (Å²) in [6.07, 6.45) is 3.70. The van der Waals surface area contributed by atoms with E-state index in [1.165, 1.54) is 0 Å². The van der Waals surface area contributed by atoms with Gasteiger partial charge in [-0.2, -0.15) is 0 Å². The van der Waals surface area contributed by atoms with E-state index in [9.17, 15) is 4.79 Å². The number of piperidine rings is 1. The summed E-state index contributed by atoms with van der Waals surface area (Å²) in [6, 6.07) is 0.326. The normalized spacial score (nSPS) is 16.8. The van der Waals surface area contributed by atoms with Crippen molar-refractivity contribution in [3.8, 4) is 0 Å². The number of carbonyl (C=O) groups excluding carboxylic acids is 1. The van der Waals surface area contributed by atoms with Gasteiger partial charge in [-0.15, -0.1) is 5.10 Å². The second kappa shape index (κ2) is 6.63. The first-order chi connectivity index (χ1) is 9.16.